The molecular formula is C22H24N4O3S. The first-order chi connectivity index (χ1) is 14.4. The Labute approximate surface area is 176 Å². The van der Waals surface area contributed by atoms with Crippen molar-refractivity contribution in [1.82, 2.24) is 14.1 Å². The summed E-state index contributed by atoms with van der Waals surface area (Å²) >= 11 is 0. The van der Waals surface area contributed by atoms with Crippen molar-refractivity contribution >= 4 is 21.7 Å². The molecule has 1 unspecified atom stereocenters. The van der Waals surface area contributed by atoms with E-state index in [0.29, 0.717) is 25.2 Å². The highest BCUT2D eigenvalue weighted by molar-refractivity contribution is 7.89. The van der Waals surface area contributed by atoms with Crippen LogP contribution >= 0.6 is 0 Å². The maximum atomic E-state index is 12.9. The van der Waals surface area contributed by atoms with Gasteiger partial charge in [0.1, 0.15) is 0 Å². The van der Waals surface area contributed by atoms with E-state index in [1.54, 1.807) is 35.0 Å². The molecule has 2 heterocycles. The van der Waals surface area contributed by atoms with E-state index in [-0.39, 0.29) is 17.3 Å². The van der Waals surface area contributed by atoms with Crippen LogP contribution in [0.3, 0.4) is 0 Å². The highest BCUT2D eigenvalue weighted by Gasteiger charge is 2.33. The van der Waals surface area contributed by atoms with Crippen molar-refractivity contribution in [2.75, 3.05) is 18.4 Å². The van der Waals surface area contributed by atoms with Gasteiger partial charge in [0, 0.05) is 24.8 Å². The first kappa shape index (κ1) is 20.3. The van der Waals surface area contributed by atoms with Gasteiger partial charge in [-0.05, 0) is 44.0 Å². The molecule has 1 atom stereocenters. The third-order valence-corrected chi connectivity index (χ3v) is 7.17. The van der Waals surface area contributed by atoms with Crippen LogP contribution in [0.25, 0.3) is 5.69 Å². The number of para-hydroxylation sites is 1. The number of anilines is 1. The fourth-order valence-electron chi connectivity index (χ4n) is 3.63. The molecule has 1 N–H and O–H groups in total. The quantitative estimate of drug-likeness (QED) is 0.682. The van der Waals surface area contributed by atoms with Gasteiger partial charge in [-0.3, -0.25) is 4.79 Å². The Morgan fingerprint density at radius 2 is 1.73 bits per heavy atom. The van der Waals surface area contributed by atoms with Crippen LogP contribution in [0.15, 0.2) is 71.8 Å². The number of hydrogen-bond acceptors (Lipinski definition) is 4. The maximum Gasteiger partial charge on any atom is 0.243 e. The van der Waals surface area contributed by atoms with E-state index < -0.39 is 15.9 Å². The van der Waals surface area contributed by atoms with E-state index in [2.05, 4.69) is 10.4 Å². The summed E-state index contributed by atoms with van der Waals surface area (Å²) in [6.45, 7) is 2.47. The zero-order valence-electron chi connectivity index (χ0n) is 16.7. The number of carbonyl (C=O) groups excluding carboxylic acids is 1. The monoisotopic (exact) mass is 424 g/mol. The van der Waals surface area contributed by atoms with Crippen LogP contribution in [0.5, 0.6) is 0 Å². The molecule has 2 aromatic carbocycles. The second-order valence-corrected chi connectivity index (χ2v) is 9.38. The molecule has 4 rings (SSSR count). The summed E-state index contributed by atoms with van der Waals surface area (Å²) in [4.78, 5) is 13.1. The van der Waals surface area contributed by atoms with Crippen molar-refractivity contribution in [2.24, 2.45) is 5.92 Å². The molecule has 1 fully saturated rings. The van der Waals surface area contributed by atoms with Gasteiger partial charge in [-0.1, -0.05) is 36.4 Å². The summed E-state index contributed by atoms with van der Waals surface area (Å²) in [7, 11) is -3.61. The summed E-state index contributed by atoms with van der Waals surface area (Å²) in [5, 5.41) is 7.37. The van der Waals surface area contributed by atoms with Gasteiger partial charge < -0.3 is 5.32 Å². The summed E-state index contributed by atoms with van der Waals surface area (Å²) in [5.74, 6) is -0.130. The molecule has 8 heteroatoms. The molecule has 1 aromatic heterocycles. The normalized spacial score (nSPS) is 17.6. The molecule has 1 aliphatic heterocycles. The largest absolute Gasteiger partial charge is 0.309 e. The summed E-state index contributed by atoms with van der Waals surface area (Å²) < 4.78 is 28.9. The van der Waals surface area contributed by atoms with Crippen molar-refractivity contribution in [1.29, 1.82) is 0 Å². The van der Waals surface area contributed by atoms with E-state index in [9.17, 15) is 13.2 Å². The first-order valence-electron chi connectivity index (χ1n) is 9.93. The van der Waals surface area contributed by atoms with Crippen LogP contribution < -0.4 is 5.32 Å². The van der Waals surface area contributed by atoms with Gasteiger partial charge >= 0.3 is 0 Å². The SMILES string of the molecule is Cc1cn(-c2ccccc2)nc1NC(=O)C1CCCN(S(=O)(=O)c2ccccc2)C1. The van der Waals surface area contributed by atoms with Crippen molar-refractivity contribution in [3.63, 3.8) is 0 Å². The fraction of sp³-hybridized carbons (Fsp3) is 0.273. The Morgan fingerprint density at radius 3 is 2.43 bits per heavy atom. The van der Waals surface area contributed by atoms with Crippen LogP contribution in [0.1, 0.15) is 18.4 Å². The molecule has 0 saturated carbocycles. The lowest BCUT2D eigenvalue weighted by Crippen LogP contribution is -2.43. The van der Waals surface area contributed by atoms with Gasteiger partial charge in [-0.15, -0.1) is 5.10 Å². The van der Waals surface area contributed by atoms with Gasteiger partial charge in [0.25, 0.3) is 0 Å². The number of aryl methyl sites for hydroxylation is 1. The van der Waals surface area contributed by atoms with Gasteiger partial charge in [0.2, 0.25) is 15.9 Å². The molecule has 0 bridgehead atoms. The molecule has 7 nitrogen and oxygen atoms in total. The predicted molar refractivity (Wildman–Crippen MR) is 115 cm³/mol. The molecule has 0 spiro atoms. The van der Waals surface area contributed by atoms with Crippen LogP contribution in [-0.4, -0.2) is 41.5 Å². The Balaban J connectivity index is 1.47. The Hall–Kier alpha value is -2.97. The minimum atomic E-state index is -3.61. The number of carbonyl (C=O) groups is 1. The number of amides is 1. The lowest BCUT2D eigenvalue weighted by atomic mass is 9.99. The molecule has 1 amide bonds. The third kappa shape index (κ3) is 4.15. The van der Waals surface area contributed by atoms with E-state index in [1.165, 1.54) is 4.31 Å². The fourth-order valence-corrected chi connectivity index (χ4v) is 5.18. The van der Waals surface area contributed by atoms with Crippen molar-refractivity contribution in [3.05, 3.63) is 72.4 Å². The Bertz CT molecular complexity index is 1130. The smallest absolute Gasteiger partial charge is 0.243 e. The average Bonchev–Trinajstić information content (AvgIpc) is 3.15. The maximum absolute atomic E-state index is 12.9. The summed E-state index contributed by atoms with van der Waals surface area (Å²) in [5.41, 5.74) is 1.75. The Morgan fingerprint density at radius 1 is 1.07 bits per heavy atom. The molecule has 0 aliphatic carbocycles. The van der Waals surface area contributed by atoms with Gasteiger partial charge in [-0.25, -0.2) is 13.1 Å². The van der Waals surface area contributed by atoms with E-state index in [0.717, 1.165) is 11.3 Å². The number of benzene rings is 2. The molecule has 3 aromatic rings. The number of hydrogen-bond donors (Lipinski definition) is 1. The number of piperidine rings is 1. The number of nitrogens with one attached hydrogen (secondary N) is 1. The number of rotatable bonds is 5. The average molecular weight is 425 g/mol. The van der Waals surface area contributed by atoms with Gasteiger partial charge in [0.05, 0.1) is 16.5 Å². The van der Waals surface area contributed by atoms with Crippen LogP contribution in [0.2, 0.25) is 0 Å². The lowest BCUT2D eigenvalue weighted by molar-refractivity contribution is -0.120. The predicted octanol–water partition coefficient (Wildman–Crippen LogP) is 3.22. The molecule has 156 valence electrons. The van der Waals surface area contributed by atoms with E-state index in [1.807, 2.05) is 43.5 Å². The van der Waals surface area contributed by atoms with Crippen LogP contribution in [-0.2, 0) is 14.8 Å². The number of aromatic nitrogens is 2. The Kier molecular flexibility index (Phi) is 5.69. The highest BCUT2D eigenvalue weighted by atomic mass is 32.2. The molecular weight excluding hydrogens is 400 g/mol. The van der Waals surface area contributed by atoms with Crippen LogP contribution in [0.4, 0.5) is 5.82 Å². The zero-order chi connectivity index (χ0) is 21.1. The van der Waals surface area contributed by atoms with Crippen LogP contribution in [0, 0.1) is 12.8 Å². The van der Waals surface area contributed by atoms with Crippen molar-refractivity contribution < 1.29 is 13.2 Å². The minimum Gasteiger partial charge on any atom is -0.309 e. The highest BCUT2D eigenvalue weighted by Crippen LogP contribution is 2.25. The van der Waals surface area contributed by atoms with E-state index in [4.69, 9.17) is 0 Å². The molecule has 1 aliphatic rings. The molecule has 30 heavy (non-hydrogen) atoms. The number of sulfonamides is 1. The molecule has 0 radical (unpaired) electrons. The van der Waals surface area contributed by atoms with Crippen molar-refractivity contribution in [3.8, 4) is 5.69 Å². The zero-order valence-corrected chi connectivity index (χ0v) is 17.5. The van der Waals surface area contributed by atoms with Gasteiger partial charge in [0.15, 0.2) is 5.82 Å². The van der Waals surface area contributed by atoms with E-state index >= 15 is 0 Å². The third-order valence-electron chi connectivity index (χ3n) is 5.30. The molecule has 1 saturated heterocycles. The van der Waals surface area contributed by atoms with Gasteiger partial charge in [-0.2, -0.15) is 4.31 Å². The first-order valence-corrected chi connectivity index (χ1v) is 11.4. The summed E-state index contributed by atoms with van der Waals surface area (Å²) in [6, 6.07) is 18.0. The minimum absolute atomic E-state index is 0.168. The second-order valence-electron chi connectivity index (χ2n) is 7.45. The summed E-state index contributed by atoms with van der Waals surface area (Å²) in [6.07, 6.45) is 3.14. The topological polar surface area (TPSA) is 84.3 Å². The number of nitrogens with zero attached hydrogens (tertiary/aromatic N) is 3. The lowest BCUT2D eigenvalue weighted by Gasteiger charge is -2.31. The standard InChI is InChI=1S/C22H24N4O3S/c1-17-15-26(19-10-4-2-5-11-19)24-21(17)23-22(27)18-9-8-14-25(16-18)30(28,29)20-12-6-3-7-13-20/h2-7,10-13,15,18H,8-9,14,16H2,1H3,(H,23,24,27). The van der Waals surface area contributed by atoms with Crippen molar-refractivity contribution in [2.45, 2.75) is 24.7 Å². The second kappa shape index (κ2) is 8.41.